The fraction of sp³-hybridized carbons (Fsp3) is 0.533. The molecule has 0 spiro atoms. The van der Waals surface area contributed by atoms with Gasteiger partial charge < -0.3 is 45.0 Å². The van der Waals surface area contributed by atoms with Crippen LogP contribution in [0.4, 0.5) is 0 Å². The maximum absolute atomic E-state index is 11.1. The first-order valence-corrected chi connectivity index (χ1v) is 18.1. The van der Waals surface area contributed by atoms with Crippen LogP contribution in [-0.4, -0.2) is 41.6 Å². The van der Waals surface area contributed by atoms with Crippen molar-refractivity contribution in [1.29, 1.82) is 0 Å². The van der Waals surface area contributed by atoms with Gasteiger partial charge in [0, 0.05) is 33.4 Å². The van der Waals surface area contributed by atoms with Crippen molar-refractivity contribution in [3.63, 3.8) is 0 Å². The molecule has 0 atom stereocenters. The minimum Gasteiger partial charge on any atom is -0.545 e. The predicted octanol–water partition coefficient (Wildman–Crippen LogP) is 6.67. The van der Waals surface area contributed by atoms with Crippen molar-refractivity contribution in [2.45, 2.75) is 157 Å². The van der Waals surface area contributed by atoms with E-state index in [2.05, 4.69) is 0 Å². The summed E-state index contributed by atoms with van der Waals surface area (Å²) in [7, 11) is 0. The van der Waals surface area contributed by atoms with Crippen molar-refractivity contribution < 1.29 is 45.0 Å². The molecule has 55 heavy (non-hydrogen) atoms. The maximum atomic E-state index is 11.1. The number of benzene rings is 3. The zero-order valence-electron chi connectivity index (χ0n) is 36.3. The zero-order chi connectivity index (χ0) is 42.9. The molecule has 0 aliphatic rings. The summed E-state index contributed by atoms with van der Waals surface area (Å²) >= 11 is 0. The Labute approximate surface area is 331 Å². The molecule has 10 heteroatoms. The topological polar surface area (TPSA) is 181 Å². The molecule has 0 fully saturated rings. The van der Waals surface area contributed by atoms with E-state index in [1.54, 1.807) is 0 Å². The molecule has 0 aromatic heterocycles. The Bertz CT molecular complexity index is 1650. The molecule has 3 aromatic carbocycles. The van der Waals surface area contributed by atoms with Crippen LogP contribution in [-0.2, 0) is 32.5 Å². The number of carboxylic acids is 3. The fourth-order valence-electron chi connectivity index (χ4n) is 5.38. The number of hydrogen-bond acceptors (Lipinski definition) is 9. The standard InChI is InChI=1S/3C15H22O3.B/c3*1-14(2,3)9-7-10(13(17)18)12(16)11(8-9)15(4,5)6;/h3*7-8,16H,1-6H3,(H,17,18);/q;;;+3/p-3. The van der Waals surface area contributed by atoms with Gasteiger partial charge in [-0.1, -0.05) is 143 Å². The number of aromatic hydroxyl groups is 3. The van der Waals surface area contributed by atoms with E-state index in [9.17, 15) is 45.0 Å². The molecule has 9 nitrogen and oxygen atoms in total. The second-order valence-electron chi connectivity index (χ2n) is 20.1. The first kappa shape index (κ1) is 50.5. The Hall–Kier alpha value is -4.47. The second kappa shape index (κ2) is 17.1. The zero-order valence-corrected chi connectivity index (χ0v) is 36.3. The van der Waals surface area contributed by atoms with Gasteiger partial charge in [-0.2, -0.15) is 0 Å². The van der Waals surface area contributed by atoms with E-state index in [0.717, 1.165) is 16.7 Å². The Morgan fingerprint density at radius 2 is 0.527 bits per heavy atom. The molecule has 300 valence electrons. The SMILES string of the molecule is CC(C)(C)c1cc(C(=O)[O-])c(O)c(C(C)(C)C)c1.CC(C)(C)c1cc(C(=O)[O-])c(O)c(C(C)(C)C)c1.CC(C)(C)c1cc(C(=O)[O-])c(O)c(C(C)(C)C)c1.[B+3]. The van der Waals surface area contributed by atoms with Crippen LogP contribution in [0.15, 0.2) is 36.4 Å². The summed E-state index contributed by atoms with van der Waals surface area (Å²) in [5.41, 5.74) is 2.62. The summed E-state index contributed by atoms with van der Waals surface area (Å²) in [5.74, 6) is -4.58. The minimum atomic E-state index is -1.34. The van der Waals surface area contributed by atoms with Crippen LogP contribution < -0.4 is 15.3 Å². The number of aromatic carboxylic acids is 3. The molecular formula is C45H63BO9. The first-order valence-electron chi connectivity index (χ1n) is 18.1. The third-order valence-corrected chi connectivity index (χ3v) is 9.01. The summed E-state index contributed by atoms with van der Waals surface area (Å²) in [6, 6.07) is 10.1. The predicted molar refractivity (Wildman–Crippen MR) is 215 cm³/mol. The van der Waals surface area contributed by atoms with Crippen molar-refractivity contribution in [2.75, 3.05) is 0 Å². The maximum Gasteiger partial charge on any atom is 3.00 e. The minimum absolute atomic E-state index is 0. The number of carbonyl (C=O) groups is 3. The van der Waals surface area contributed by atoms with Gasteiger partial charge in [-0.3, -0.25) is 0 Å². The third kappa shape index (κ3) is 13.4. The quantitative estimate of drug-likeness (QED) is 0.246. The van der Waals surface area contributed by atoms with E-state index in [4.69, 9.17) is 0 Å². The number of rotatable bonds is 3. The molecule has 0 bridgehead atoms. The molecule has 3 N–H and O–H groups in total. The van der Waals surface area contributed by atoms with Crippen LogP contribution in [0.2, 0.25) is 0 Å². The smallest absolute Gasteiger partial charge is 0.545 e. The Balaban J connectivity index is 0.000000788. The molecule has 0 radical (unpaired) electrons. The normalized spacial score (nSPS) is 12.3. The Morgan fingerprint density at radius 3 is 0.636 bits per heavy atom. The van der Waals surface area contributed by atoms with Gasteiger partial charge in [-0.05, 0) is 67.4 Å². The van der Waals surface area contributed by atoms with Gasteiger partial charge in [0.15, 0.2) is 0 Å². The fourth-order valence-corrected chi connectivity index (χ4v) is 5.38. The van der Waals surface area contributed by atoms with Gasteiger partial charge >= 0.3 is 8.41 Å². The van der Waals surface area contributed by atoms with E-state index in [-0.39, 0.29) is 74.8 Å². The third-order valence-electron chi connectivity index (χ3n) is 9.01. The molecular weight excluding hydrogens is 695 g/mol. The molecule has 3 rings (SSSR count). The van der Waals surface area contributed by atoms with Crippen LogP contribution in [0.5, 0.6) is 17.2 Å². The molecule has 0 saturated heterocycles. The molecule has 0 heterocycles. The molecule has 0 amide bonds. The summed E-state index contributed by atoms with van der Waals surface area (Å²) < 4.78 is 0. The monoisotopic (exact) mass is 758 g/mol. The van der Waals surface area contributed by atoms with E-state index >= 15 is 0 Å². The van der Waals surface area contributed by atoms with Gasteiger partial charge in [-0.25, -0.2) is 0 Å². The van der Waals surface area contributed by atoms with Crippen LogP contribution in [0.1, 0.15) is 189 Å². The number of carboxylic acid groups (broad SMARTS) is 3. The molecule has 0 aliphatic heterocycles. The summed E-state index contributed by atoms with van der Waals surface area (Å²) in [6.07, 6.45) is 0. The van der Waals surface area contributed by atoms with E-state index < -0.39 is 17.9 Å². The van der Waals surface area contributed by atoms with Crippen LogP contribution >= 0.6 is 0 Å². The Kier molecular flexibility index (Phi) is 15.7. The van der Waals surface area contributed by atoms with Crippen molar-refractivity contribution >= 4 is 26.3 Å². The number of phenols is 3. The average molecular weight is 759 g/mol. The van der Waals surface area contributed by atoms with E-state index in [1.807, 2.05) is 143 Å². The van der Waals surface area contributed by atoms with Gasteiger partial charge in [0.1, 0.15) is 17.2 Å². The van der Waals surface area contributed by atoms with Crippen LogP contribution in [0.3, 0.4) is 0 Å². The molecule has 0 unspecified atom stereocenters. The van der Waals surface area contributed by atoms with Crippen molar-refractivity contribution in [1.82, 2.24) is 0 Å². The van der Waals surface area contributed by atoms with Gasteiger partial charge in [0.2, 0.25) is 0 Å². The Morgan fingerprint density at radius 1 is 0.364 bits per heavy atom. The molecule has 0 saturated carbocycles. The van der Waals surface area contributed by atoms with Crippen molar-refractivity contribution in [3.05, 3.63) is 86.5 Å². The van der Waals surface area contributed by atoms with Crippen LogP contribution in [0.25, 0.3) is 0 Å². The van der Waals surface area contributed by atoms with Crippen molar-refractivity contribution in [3.8, 4) is 17.2 Å². The molecule has 3 aromatic rings. The second-order valence-corrected chi connectivity index (χ2v) is 20.1. The largest absolute Gasteiger partial charge is 3.00 e. The molecule has 0 aliphatic carbocycles. The van der Waals surface area contributed by atoms with Crippen LogP contribution in [0, 0.1) is 0 Å². The summed E-state index contributed by atoms with van der Waals surface area (Å²) in [5, 5.41) is 63.5. The van der Waals surface area contributed by atoms with E-state index in [0.29, 0.717) is 16.7 Å². The van der Waals surface area contributed by atoms with Crippen molar-refractivity contribution in [2.24, 2.45) is 0 Å². The number of hydrogen-bond donors (Lipinski definition) is 3. The summed E-state index contributed by atoms with van der Waals surface area (Å²) in [6.45, 7) is 35.5. The number of carbonyl (C=O) groups excluding carboxylic acids is 3. The van der Waals surface area contributed by atoms with Gasteiger partial charge in [0.05, 0.1) is 17.9 Å². The van der Waals surface area contributed by atoms with Gasteiger partial charge in [0.25, 0.3) is 0 Å². The van der Waals surface area contributed by atoms with Gasteiger partial charge in [-0.15, -0.1) is 0 Å². The average Bonchev–Trinajstić information content (AvgIpc) is 2.94. The van der Waals surface area contributed by atoms with E-state index in [1.165, 1.54) is 18.2 Å². The summed E-state index contributed by atoms with van der Waals surface area (Å²) in [4.78, 5) is 33.3. The first-order chi connectivity index (χ1) is 23.8.